The lowest BCUT2D eigenvalue weighted by atomic mass is 9.84. The van der Waals surface area contributed by atoms with Gasteiger partial charge in [0.25, 0.3) is 0 Å². The first-order chi connectivity index (χ1) is 15.5. The lowest BCUT2D eigenvalue weighted by Crippen LogP contribution is -2.50. The standard InChI is InChI=1S/C24H28FN3O4S/c1-24(2,3)18-14-19(28-13-12-20(29)26-23(28)30)21(25)17(22(18)32-4)11-8-15-6-9-16(10-7-15)27-33(5)31/h6-11,14,27H,12-13H2,1-5H3,(H,26,29,30)/b11-8+. The fourth-order valence-electron chi connectivity index (χ4n) is 3.57. The van der Waals surface area contributed by atoms with Crippen molar-refractivity contribution in [3.8, 4) is 5.75 Å². The molecule has 7 nitrogen and oxygen atoms in total. The molecule has 2 aromatic rings. The molecule has 1 saturated heterocycles. The lowest BCUT2D eigenvalue weighted by Gasteiger charge is -2.31. The van der Waals surface area contributed by atoms with Crippen molar-refractivity contribution in [1.82, 2.24) is 5.32 Å². The molecule has 1 fully saturated rings. The first-order valence-electron chi connectivity index (χ1n) is 10.4. The normalized spacial score (nSPS) is 15.5. The fourth-order valence-corrected chi connectivity index (χ4v) is 4.04. The minimum atomic E-state index is -1.18. The Bertz CT molecular complexity index is 1120. The van der Waals surface area contributed by atoms with E-state index in [9.17, 15) is 13.8 Å². The minimum absolute atomic E-state index is 0.0912. The molecule has 1 heterocycles. The van der Waals surface area contributed by atoms with Gasteiger partial charge in [-0.25, -0.2) is 13.4 Å². The summed E-state index contributed by atoms with van der Waals surface area (Å²) in [7, 11) is 0.306. The quantitative estimate of drug-likeness (QED) is 0.607. The molecule has 1 aliphatic rings. The van der Waals surface area contributed by atoms with E-state index in [1.165, 1.54) is 12.0 Å². The Balaban J connectivity index is 2.09. The average molecular weight is 474 g/mol. The van der Waals surface area contributed by atoms with Crippen molar-refractivity contribution in [3.63, 3.8) is 0 Å². The van der Waals surface area contributed by atoms with Crippen LogP contribution in [0.2, 0.25) is 0 Å². The number of benzene rings is 2. The van der Waals surface area contributed by atoms with Crippen molar-refractivity contribution in [2.45, 2.75) is 32.6 Å². The molecule has 0 radical (unpaired) electrons. The third kappa shape index (κ3) is 5.60. The Morgan fingerprint density at radius 1 is 1.18 bits per heavy atom. The smallest absolute Gasteiger partial charge is 0.328 e. The zero-order chi connectivity index (χ0) is 24.3. The maximum Gasteiger partial charge on any atom is 0.328 e. The molecule has 2 aromatic carbocycles. The van der Waals surface area contributed by atoms with E-state index in [1.54, 1.807) is 36.6 Å². The molecule has 0 aromatic heterocycles. The highest BCUT2D eigenvalue weighted by molar-refractivity contribution is 7.85. The molecule has 0 aliphatic carbocycles. The number of amides is 3. The van der Waals surface area contributed by atoms with Crippen molar-refractivity contribution >= 4 is 46.5 Å². The van der Waals surface area contributed by atoms with Crippen molar-refractivity contribution in [3.05, 3.63) is 52.8 Å². The van der Waals surface area contributed by atoms with Crippen LogP contribution in [0.1, 0.15) is 43.9 Å². The number of rotatable bonds is 6. The molecule has 176 valence electrons. The van der Waals surface area contributed by atoms with Gasteiger partial charge >= 0.3 is 6.03 Å². The van der Waals surface area contributed by atoms with E-state index in [0.29, 0.717) is 11.4 Å². The van der Waals surface area contributed by atoms with Crippen LogP contribution < -0.4 is 19.7 Å². The SMILES string of the molecule is COc1c(C(C)(C)C)cc(N2CCC(=O)NC2=O)c(F)c1/C=C/c1ccc(NS(C)=O)cc1. The number of methoxy groups -OCH3 is 1. The van der Waals surface area contributed by atoms with Gasteiger partial charge in [-0.1, -0.05) is 39.0 Å². The van der Waals surface area contributed by atoms with E-state index in [4.69, 9.17) is 4.74 Å². The Kier molecular flexibility index (Phi) is 7.22. The first-order valence-corrected chi connectivity index (χ1v) is 12.0. The number of hydrogen-bond donors (Lipinski definition) is 2. The number of ether oxygens (including phenoxy) is 1. The van der Waals surface area contributed by atoms with E-state index < -0.39 is 28.2 Å². The van der Waals surface area contributed by atoms with Crippen molar-refractivity contribution in [2.24, 2.45) is 0 Å². The first kappa shape index (κ1) is 24.4. The van der Waals surface area contributed by atoms with E-state index in [2.05, 4.69) is 10.0 Å². The van der Waals surface area contributed by atoms with Gasteiger partial charge in [0.05, 0.1) is 18.4 Å². The molecule has 0 bridgehead atoms. The Morgan fingerprint density at radius 3 is 2.39 bits per heavy atom. The Hall–Kier alpha value is -3.20. The number of nitrogens with one attached hydrogen (secondary N) is 2. The number of urea groups is 1. The van der Waals surface area contributed by atoms with Gasteiger partial charge in [0.2, 0.25) is 5.91 Å². The van der Waals surface area contributed by atoms with Crippen molar-refractivity contribution < 1.29 is 22.9 Å². The van der Waals surface area contributed by atoms with E-state index in [1.807, 2.05) is 32.9 Å². The molecular weight excluding hydrogens is 445 g/mol. The monoisotopic (exact) mass is 473 g/mol. The van der Waals surface area contributed by atoms with Crippen LogP contribution in [0.5, 0.6) is 5.75 Å². The molecule has 0 saturated carbocycles. The summed E-state index contributed by atoms with van der Waals surface area (Å²) in [6, 6.07) is 8.15. The van der Waals surface area contributed by atoms with Gasteiger partial charge in [-0.15, -0.1) is 0 Å². The molecule has 9 heteroatoms. The van der Waals surface area contributed by atoms with Crippen LogP contribution in [-0.4, -0.2) is 36.1 Å². The van der Waals surface area contributed by atoms with Gasteiger partial charge in [0.1, 0.15) is 16.7 Å². The van der Waals surface area contributed by atoms with Crippen LogP contribution in [0, 0.1) is 5.82 Å². The second kappa shape index (κ2) is 9.74. The van der Waals surface area contributed by atoms with Crippen LogP contribution in [0.15, 0.2) is 30.3 Å². The van der Waals surface area contributed by atoms with Crippen LogP contribution >= 0.6 is 0 Å². The highest BCUT2D eigenvalue weighted by Crippen LogP contribution is 2.41. The Morgan fingerprint density at radius 2 is 1.85 bits per heavy atom. The van der Waals surface area contributed by atoms with Crippen LogP contribution in [0.4, 0.5) is 20.6 Å². The second-order valence-corrected chi connectivity index (χ2v) is 9.83. The zero-order valence-corrected chi connectivity index (χ0v) is 20.1. The van der Waals surface area contributed by atoms with Gasteiger partial charge in [-0.05, 0) is 35.3 Å². The number of carbonyl (C=O) groups is 2. The maximum atomic E-state index is 15.8. The molecule has 0 spiro atoms. The number of imide groups is 1. The van der Waals surface area contributed by atoms with Gasteiger partial charge < -0.3 is 9.46 Å². The summed E-state index contributed by atoms with van der Waals surface area (Å²) in [6.45, 7) is 6.02. The highest BCUT2D eigenvalue weighted by Gasteiger charge is 2.31. The summed E-state index contributed by atoms with van der Waals surface area (Å²) in [5.74, 6) is -0.611. The van der Waals surface area contributed by atoms with Crippen molar-refractivity contribution in [1.29, 1.82) is 0 Å². The molecule has 1 atom stereocenters. The predicted molar refractivity (Wildman–Crippen MR) is 130 cm³/mol. The van der Waals surface area contributed by atoms with E-state index in [-0.39, 0.29) is 30.1 Å². The van der Waals surface area contributed by atoms with Crippen molar-refractivity contribution in [2.75, 3.05) is 29.5 Å². The fraction of sp³-hybridized carbons (Fsp3) is 0.333. The van der Waals surface area contributed by atoms with Gasteiger partial charge in [-0.3, -0.25) is 15.0 Å². The summed E-state index contributed by atoms with van der Waals surface area (Å²) in [6.07, 6.45) is 4.99. The topological polar surface area (TPSA) is 87.7 Å². The number of nitrogens with zero attached hydrogens (tertiary/aromatic N) is 1. The third-order valence-corrected chi connectivity index (χ3v) is 5.73. The summed E-state index contributed by atoms with van der Waals surface area (Å²) >= 11 is 0. The molecular formula is C24H28FN3O4S. The van der Waals surface area contributed by atoms with Crippen LogP contribution in [0.3, 0.4) is 0 Å². The Labute approximate surface area is 195 Å². The molecule has 3 rings (SSSR count). The molecule has 3 amide bonds. The van der Waals surface area contributed by atoms with Gasteiger partial charge in [-0.2, -0.15) is 0 Å². The molecule has 1 aliphatic heterocycles. The average Bonchev–Trinajstić information content (AvgIpc) is 2.73. The predicted octanol–water partition coefficient (Wildman–Crippen LogP) is 4.45. The van der Waals surface area contributed by atoms with Crippen LogP contribution in [0.25, 0.3) is 12.2 Å². The lowest BCUT2D eigenvalue weighted by molar-refractivity contribution is -0.120. The zero-order valence-electron chi connectivity index (χ0n) is 19.3. The number of carbonyl (C=O) groups excluding carboxylic acids is 2. The largest absolute Gasteiger partial charge is 0.496 e. The van der Waals surface area contributed by atoms with E-state index in [0.717, 1.165) is 11.1 Å². The van der Waals surface area contributed by atoms with Crippen LogP contribution in [-0.2, 0) is 21.2 Å². The van der Waals surface area contributed by atoms with Gasteiger partial charge in [0, 0.05) is 30.5 Å². The summed E-state index contributed by atoms with van der Waals surface area (Å²) in [4.78, 5) is 25.2. The number of halogens is 1. The third-order valence-electron chi connectivity index (χ3n) is 5.20. The number of hydrogen-bond acceptors (Lipinski definition) is 4. The summed E-state index contributed by atoms with van der Waals surface area (Å²) < 4.78 is 35.5. The number of anilines is 2. The summed E-state index contributed by atoms with van der Waals surface area (Å²) in [5, 5.41) is 2.24. The maximum absolute atomic E-state index is 15.8. The van der Waals surface area contributed by atoms with E-state index >= 15 is 4.39 Å². The second-order valence-electron chi connectivity index (χ2n) is 8.72. The molecule has 2 N–H and O–H groups in total. The summed E-state index contributed by atoms with van der Waals surface area (Å²) in [5.41, 5.74) is 2.14. The molecule has 1 unspecified atom stereocenters. The van der Waals surface area contributed by atoms with Gasteiger partial charge in [0.15, 0.2) is 5.82 Å². The molecule has 33 heavy (non-hydrogen) atoms. The minimum Gasteiger partial charge on any atom is -0.496 e. The highest BCUT2D eigenvalue weighted by atomic mass is 32.2.